The van der Waals surface area contributed by atoms with E-state index in [2.05, 4.69) is 43.1 Å². The van der Waals surface area contributed by atoms with Crippen molar-refractivity contribution in [3.63, 3.8) is 0 Å². The van der Waals surface area contributed by atoms with Crippen LogP contribution in [0, 0.1) is 5.41 Å². The fourth-order valence-electron chi connectivity index (χ4n) is 6.98. The third-order valence-electron chi connectivity index (χ3n) is 8.37. The molecule has 0 amide bonds. The van der Waals surface area contributed by atoms with Gasteiger partial charge in [-0.25, -0.2) is 0 Å². The van der Waals surface area contributed by atoms with Gasteiger partial charge >= 0.3 is 0 Å². The molecule has 2 aliphatic carbocycles. The lowest BCUT2D eigenvalue weighted by Gasteiger charge is -2.63. The third-order valence-corrected chi connectivity index (χ3v) is 8.37. The van der Waals surface area contributed by atoms with E-state index in [0.717, 1.165) is 48.4 Å². The number of likely N-dealkylation sites (tertiary alicyclic amines) is 1. The highest BCUT2D eigenvalue weighted by atomic mass is 16.5. The minimum atomic E-state index is -0.465. The maximum Gasteiger partial charge on any atom is 0.200 e. The van der Waals surface area contributed by atoms with E-state index >= 15 is 0 Å². The molecule has 1 saturated carbocycles. The summed E-state index contributed by atoms with van der Waals surface area (Å²) in [5.74, 6) is 1.70. The maximum atomic E-state index is 13.8. The second-order valence-corrected chi connectivity index (χ2v) is 9.59. The second kappa shape index (κ2) is 5.98. The smallest absolute Gasteiger partial charge is 0.200 e. The van der Waals surface area contributed by atoms with Crippen molar-refractivity contribution in [2.24, 2.45) is 5.41 Å². The first-order valence-corrected chi connectivity index (χ1v) is 10.9. The van der Waals surface area contributed by atoms with Crippen LogP contribution < -0.4 is 9.47 Å². The molecule has 2 aliphatic heterocycles. The van der Waals surface area contributed by atoms with Crippen LogP contribution in [0.1, 0.15) is 36.5 Å². The van der Waals surface area contributed by atoms with Crippen LogP contribution in [0.4, 0.5) is 0 Å². The quantitative estimate of drug-likeness (QED) is 0.713. The summed E-state index contributed by atoms with van der Waals surface area (Å²) in [5, 5.41) is 0. The minimum absolute atomic E-state index is 0.0657. The van der Waals surface area contributed by atoms with Gasteiger partial charge in [0.2, 0.25) is 0 Å². The number of likely N-dealkylation sites (N-methyl/N-ethyl adjacent to an activating group) is 1. The molecule has 2 bridgehead atoms. The lowest BCUT2D eigenvalue weighted by atomic mass is 9.43. The predicted molar refractivity (Wildman–Crippen MR) is 116 cm³/mol. The molecule has 30 heavy (non-hydrogen) atoms. The van der Waals surface area contributed by atoms with Crippen molar-refractivity contribution in [3.8, 4) is 11.5 Å². The number of nitrogens with zero attached hydrogens (tertiary/aromatic N) is 1. The predicted octanol–water partition coefficient (Wildman–Crippen LogP) is 4.02. The van der Waals surface area contributed by atoms with Gasteiger partial charge in [0.15, 0.2) is 23.4 Å². The van der Waals surface area contributed by atoms with Crippen molar-refractivity contribution in [2.45, 2.75) is 43.7 Å². The van der Waals surface area contributed by atoms with Crippen LogP contribution in [0.5, 0.6) is 11.5 Å². The third kappa shape index (κ3) is 2.03. The summed E-state index contributed by atoms with van der Waals surface area (Å²) in [5.41, 5.74) is 4.20. The molecular formula is C26H27NO3. The maximum absolute atomic E-state index is 13.8. The fraction of sp³-hybridized carbons (Fsp3) is 0.423. The molecule has 0 radical (unpaired) electrons. The summed E-state index contributed by atoms with van der Waals surface area (Å²) < 4.78 is 12.2. The Kier molecular flexibility index (Phi) is 3.63. The Morgan fingerprint density at radius 3 is 2.77 bits per heavy atom. The number of hydrogen-bond acceptors (Lipinski definition) is 4. The van der Waals surface area contributed by atoms with E-state index in [9.17, 15) is 4.79 Å². The molecule has 2 fully saturated rings. The number of rotatable bonds is 2. The Bertz CT molecular complexity index is 1090. The minimum Gasteiger partial charge on any atom is -0.493 e. The van der Waals surface area contributed by atoms with Crippen LogP contribution in [0.2, 0.25) is 0 Å². The van der Waals surface area contributed by atoms with Gasteiger partial charge in [-0.3, -0.25) is 4.79 Å². The zero-order chi connectivity index (χ0) is 20.7. The average molecular weight is 402 g/mol. The van der Waals surface area contributed by atoms with E-state index in [-0.39, 0.29) is 16.6 Å². The summed E-state index contributed by atoms with van der Waals surface area (Å²) in [6.45, 7) is 3.38. The zero-order valence-electron chi connectivity index (χ0n) is 17.8. The van der Waals surface area contributed by atoms with Gasteiger partial charge in [0.25, 0.3) is 0 Å². The highest BCUT2D eigenvalue weighted by molar-refractivity contribution is 6.06. The summed E-state index contributed by atoms with van der Waals surface area (Å²) in [7, 11) is 3.92. The van der Waals surface area contributed by atoms with Gasteiger partial charge in [-0.05, 0) is 56.1 Å². The van der Waals surface area contributed by atoms with Crippen molar-refractivity contribution in [2.75, 3.05) is 20.7 Å². The molecule has 2 unspecified atom stereocenters. The lowest BCUT2D eigenvalue weighted by Crippen LogP contribution is -2.71. The van der Waals surface area contributed by atoms with E-state index in [1.54, 1.807) is 7.11 Å². The number of piperidine rings is 1. The topological polar surface area (TPSA) is 38.8 Å². The number of carbonyl (C=O) groups is 1. The van der Waals surface area contributed by atoms with Gasteiger partial charge in [-0.15, -0.1) is 0 Å². The average Bonchev–Trinajstić information content (AvgIpc) is 3.10. The number of ether oxygens (including phenoxy) is 2. The van der Waals surface area contributed by atoms with Gasteiger partial charge in [0.1, 0.15) is 0 Å². The molecule has 4 atom stereocenters. The fourth-order valence-corrected chi connectivity index (χ4v) is 6.98. The molecule has 2 aromatic rings. The second-order valence-electron chi connectivity index (χ2n) is 9.59. The molecule has 1 saturated heterocycles. The zero-order valence-corrected chi connectivity index (χ0v) is 17.8. The van der Waals surface area contributed by atoms with Gasteiger partial charge in [-0.2, -0.15) is 0 Å². The largest absolute Gasteiger partial charge is 0.493 e. The van der Waals surface area contributed by atoms with E-state index in [1.807, 2.05) is 24.3 Å². The number of hydrogen-bond donors (Lipinski definition) is 0. The van der Waals surface area contributed by atoms with E-state index in [1.165, 1.54) is 11.1 Å². The van der Waals surface area contributed by atoms with E-state index < -0.39 is 6.10 Å². The number of ketones is 1. The number of carbonyl (C=O) groups excluding carboxylic acids is 1. The standard InChI is InChI=1S/C26H27NO3/c1-25-15-18(13-16-7-5-4-6-8-16)22(28)24-26(25)11-12-27(2)20(25)14-17-9-10-19(29-3)23(30-24)21(17)26/h4-10,13,20,24H,11-12,14-15H2,1-3H3/t20?,24?,25-,26-/m0/s1. The Hall–Kier alpha value is -2.59. The molecule has 154 valence electrons. The van der Waals surface area contributed by atoms with E-state index in [4.69, 9.17) is 9.47 Å². The van der Waals surface area contributed by atoms with Crippen LogP contribution in [-0.2, 0) is 16.6 Å². The van der Waals surface area contributed by atoms with Crippen molar-refractivity contribution < 1.29 is 14.3 Å². The molecule has 2 aromatic carbocycles. The first-order valence-electron chi connectivity index (χ1n) is 10.9. The Morgan fingerprint density at radius 1 is 1.20 bits per heavy atom. The number of benzene rings is 2. The Morgan fingerprint density at radius 2 is 2.00 bits per heavy atom. The molecule has 6 rings (SSSR count). The Labute approximate surface area is 177 Å². The van der Waals surface area contributed by atoms with Crippen LogP contribution in [0.3, 0.4) is 0 Å². The number of methoxy groups -OCH3 is 1. The highest BCUT2D eigenvalue weighted by Gasteiger charge is 2.71. The molecule has 0 aromatic heterocycles. The normalized spacial score (nSPS) is 35.2. The summed E-state index contributed by atoms with van der Waals surface area (Å²) in [4.78, 5) is 16.3. The monoisotopic (exact) mass is 401 g/mol. The lowest BCUT2D eigenvalue weighted by molar-refractivity contribution is -0.142. The molecule has 0 N–H and O–H groups in total. The number of Topliss-reactive ketones (excluding diaryl/α,β-unsaturated/α-hetero) is 1. The Balaban J connectivity index is 1.59. The molecule has 4 heteroatoms. The van der Waals surface area contributed by atoms with Gasteiger partial charge < -0.3 is 14.4 Å². The van der Waals surface area contributed by atoms with Gasteiger partial charge in [0.05, 0.1) is 12.5 Å². The van der Waals surface area contributed by atoms with Gasteiger partial charge in [-0.1, -0.05) is 43.3 Å². The van der Waals surface area contributed by atoms with Crippen LogP contribution >= 0.6 is 0 Å². The summed E-state index contributed by atoms with van der Waals surface area (Å²) >= 11 is 0. The summed E-state index contributed by atoms with van der Waals surface area (Å²) in [6.07, 6.45) is 4.33. The van der Waals surface area contributed by atoms with Gasteiger partial charge in [0, 0.05) is 22.6 Å². The van der Waals surface area contributed by atoms with Crippen molar-refractivity contribution >= 4 is 11.9 Å². The highest BCUT2D eigenvalue weighted by Crippen LogP contribution is 2.69. The van der Waals surface area contributed by atoms with E-state index in [0.29, 0.717) is 6.04 Å². The molecule has 4 aliphatic rings. The van der Waals surface area contributed by atoms with Crippen LogP contribution in [-0.4, -0.2) is 43.5 Å². The molecule has 4 nitrogen and oxygen atoms in total. The van der Waals surface area contributed by atoms with Crippen molar-refractivity contribution in [3.05, 3.63) is 64.7 Å². The van der Waals surface area contributed by atoms with Crippen LogP contribution in [0.15, 0.2) is 48.0 Å². The molecule has 2 heterocycles. The SMILES string of the molecule is COc1ccc2c3c1OC1C(=O)C(=Cc4ccccc4)C[C@@]4(C)C(C2)N(C)CC[C@]314. The molecular weight excluding hydrogens is 374 g/mol. The van der Waals surface area contributed by atoms with Crippen molar-refractivity contribution in [1.29, 1.82) is 0 Å². The van der Waals surface area contributed by atoms with Crippen molar-refractivity contribution in [1.82, 2.24) is 4.90 Å². The summed E-state index contributed by atoms with van der Waals surface area (Å²) in [6, 6.07) is 14.7. The first kappa shape index (κ1) is 18.2. The molecule has 1 spiro atoms. The first-order chi connectivity index (χ1) is 14.5. The van der Waals surface area contributed by atoms with Crippen LogP contribution in [0.25, 0.3) is 6.08 Å².